The maximum atomic E-state index is 12.3. The van der Waals surface area contributed by atoms with Crippen molar-refractivity contribution in [2.75, 3.05) is 20.5 Å². The number of carbonyl (C=O) groups excluding carboxylic acids is 1. The highest BCUT2D eigenvalue weighted by molar-refractivity contribution is 7.90. The summed E-state index contributed by atoms with van der Waals surface area (Å²) in [6, 6.07) is 8.93. The fourth-order valence-corrected chi connectivity index (χ4v) is 3.83. The van der Waals surface area contributed by atoms with E-state index in [4.69, 9.17) is 30.3 Å². The van der Waals surface area contributed by atoms with Gasteiger partial charge < -0.3 is 18.7 Å². The zero-order chi connectivity index (χ0) is 21.9. The van der Waals surface area contributed by atoms with Gasteiger partial charge in [-0.3, -0.25) is 0 Å². The Bertz CT molecular complexity index is 1190. The highest BCUT2D eigenvalue weighted by Crippen LogP contribution is 2.31. The fourth-order valence-electron chi connectivity index (χ4n) is 2.53. The Morgan fingerprint density at radius 1 is 1.13 bits per heavy atom. The summed E-state index contributed by atoms with van der Waals surface area (Å²) in [5.74, 6) is 0.608. The lowest BCUT2D eigenvalue weighted by Gasteiger charge is -2.07. The highest BCUT2D eigenvalue weighted by atomic mass is 35.5. The third kappa shape index (κ3) is 4.71. The van der Waals surface area contributed by atoms with Crippen molar-refractivity contribution in [1.29, 1.82) is 0 Å². The van der Waals surface area contributed by atoms with Crippen LogP contribution in [-0.2, 0) is 21.2 Å². The first-order chi connectivity index (χ1) is 14.2. The Kier molecular flexibility index (Phi) is 6.28. The van der Waals surface area contributed by atoms with Crippen LogP contribution in [0.1, 0.15) is 16.2 Å². The molecule has 11 heteroatoms. The number of nitrogens with zero attached hydrogens (tertiary/aromatic N) is 2. The Labute approximate surface area is 177 Å². The van der Waals surface area contributed by atoms with Gasteiger partial charge in [0.05, 0.1) is 35.3 Å². The van der Waals surface area contributed by atoms with Crippen LogP contribution in [-0.4, -0.2) is 45.0 Å². The zero-order valence-corrected chi connectivity index (χ0v) is 17.8. The van der Waals surface area contributed by atoms with E-state index in [1.807, 2.05) is 0 Å². The quantitative estimate of drug-likeness (QED) is 0.498. The molecule has 3 rings (SSSR count). The smallest absolute Gasteiger partial charge is 0.338 e. The predicted molar refractivity (Wildman–Crippen MR) is 107 cm³/mol. The van der Waals surface area contributed by atoms with Crippen LogP contribution in [0.5, 0.6) is 11.5 Å². The lowest BCUT2D eigenvalue weighted by Crippen LogP contribution is -2.07. The van der Waals surface area contributed by atoms with Gasteiger partial charge in [-0.05, 0) is 30.3 Å². The number of hydrogen-bond donors (Lipinski definition) is 0. The monoisotopic (exact) mass is 452 g/mol. The van der Waals surface area contributed by atoms with E-state index < -0.39 is 15.8 Å². The SMILES string of the molecule is COc1ccc(-c2noc(COC(=O)c3ccc(Cl)c(S(C)(=O)=O)c3)n2)c(OC)c1. The molecule has 158 valence electrons. The average Bonchev–Trinajstić information content (AvgIpc) is 3.19. The lowest BCUT2D eigenvalue weighted by molar-refractivity contribution is 0.0429. The molecule has 0 N–H and O–H groups in total. The molecule has 0 spiro atoms. The molecular weight excluding hydrogens is 436 g/mol. The predicted octanol–water partition coefficient (Wildman–Crippen LogP) is 3.17. The molecule has 3 aromatic rings. The van der Waals surface area contributed by atoms with E-state index in [9.17, 15) is 13.2 Å². The third-order valence-corrected chi connectivity index (χ3v) is 5.59. The molecule has 0 bridgehead atoms. The number of methoxy groups -OCH3 is 2. The van der Waals surface area contributed by atoms with Crippen LogP contribution in [0.2, 0.25) is 5.02 Å². The first-order valence-corrected chi connectivity index (χ1v) is 10.7. The zero-order valence-electron chi connectivity index (χ0n) is 16.2. The molecule has 0 saturated carbocycles. The van der Waals surface area contributed by atoms with E-state index in [2.05, 4.69) is 10.1 Å². The molecule has 30 heavy (non-hydrogen) atoms. The number of halogens is 1. The minimum Gasteiger partial charge on any atom is -0.497 e. The first kappa shape index (κ1) is 21.6. The van der Waals surface area contributed by atoms with Crippen molar-refractivity contribution in [1.82, 2.24) is 10.1 Å². The van der Waals surface area contributed by atoms with Crippen molar-refractivity contribution in [3.63, 3.8) is 0 Å². The molecule has 0 aliphatic carbocycles. The van der Waals surface area contributed by atoms with E-state index in [1.54, 1.807) is 18.2 Å². The minimum atomic E-state index is -3.60. The maximum Gasteiger partial charge on any atom is 0.338 e. The molecule has 2 aromatic carbocycles. The van der Waals surface area contributed by atoms with Crippen LogP contribution in [0, 0.1) is 0 Å². The van der Waals surface area contributed by atoms with Gasteiger partial charge in [0.25, 0.3) is 5.89 Å². The molecule has 0 aliphatic heterocycles. The summed E-state index contributed by atoms with van der Waals surface area (Å²) in [5, 5.41) is 3.88. The number of rotatable bonds is 7. The van der Waals surface area contributed by atoms with Crippen molar-refractivity contribution < 1.29 is 31.9 Å². The maximum absolute atomic E-state index is 12.3. The van der Waals surface area contributed by atoms with Gasteiger partial charge in [-0.1, -0.05) is 16.8 Å². The summed E-state index contributed by atoms with van der Waals surface area (Å²) in [6.07, 6.45) is 0.997. The summed E-state index contributed by atoms with van der Waals surface area (Å²) < 4.78 is 44.2. The number of carbonyl (C=O) groups is 1. The molecule has 0 fully saturated rings. The standard InChI is InChI=1S/C19H17ClN2O7S/c1-26-12-5-6-13(15(9-12)27-2)18-21-17(29-22-18)10-28-19(23)11-4-7-14(20)16(8-11)30(3,24)25/h4-9H,10H2,1-3H3. The van der Waals surface area contributed by atoms with Crippen LogP contribution in [0.25, 0.3) is 11.4 Å². The van der Waals surface area contributed by atoms with E-state index >= 15 is 0 Å². The van der Waals surface area contributed by atoms with Crippen LogP contribution < -0.4 is 9.47 Å². The molecule has 0 radical (unpaired) electrons. The van der Waals surface area contributed by atoms with E-state index in [-0.39, 0.29) is 33.8 Å². The normalized spacial score (nSPS) is 11.2. The van der Waals surface area contributed by atoms with E-state index in [0.717, 1.165) is 12.3 Å². The Morgan fingerprint density at radius 3 is 2.57 bits per heavy atom. The first-order valence-electron chi connectivity index (χ1n) is 8.44. The molecule has 0 unspecified atom stereocenters. The summed E-state index contributed by atoms with van der Waals surface area (Å²) >= 11 is 5.88. The van der Waals surface area contributed by atoms with Crippen LogP contribution in [0.15, 0.2) is 45.8 Å². The largest absolute Gasteiger partial charge is 0.497 e. The van der Waals surface area contributed by atoms with Gasteiger partial charge in [-0.25, -0.2) is 13.2 Å². The summed E-state index contributed by atoms with van der Waals surface area (Å²) in [6.45, 7) is -0.304. The number of ether oxygens (including phenoxy) is 3. The summed E-state index contributed by atoms with van der Waals surface area (Å²) in [4.78, 5) is 16.3. The molecule has 0 amide bonds. The van der Waals surface area contributed by atoms with E-state index in [0.29, 0.717) is 17.1 Å². The Hall–Kier alpha value is -3.11. The molecule has 1 heterocycles. The van der Waals surface area contributed by atoms with Crippen molar-refractivity contribution >= 4 is 27.4 Å². The topological polar surface area (TPSA) is 118 Å². The van der Waals surface area contributed by atoms with E-state index in [1.165, 1.54) is 26.4 Å². The lowest BCUT2D eigenvalue weighted by atomic mass is 10.2. The van der Waals surface area contributed by atoms with Crippen molar-refractivity contribution in [2.45, 2.75) is 11.5 Å². The van der Waals surface area contributed by atoms with Gasteiger partial charge >= 0.3 is 5.97 Å². The van der Waals surface area contributed by atoms with Crippen molar-refractivity contribution in [2.24, 2.45) is 0 Å². The second-order valence-electron chi connectivity index (χ2n) is 6.07. The molecule has 1 aromatic heterocycles. The summed E-state index contributed by atoms with van der Waals surface area (Å²) in [7, 11) is -0.563. The van der Waals surface area contributed by atoms with Crippen molar-refractivity contribution in [3.05, 3.63) is 52.9 Å². The molecular formula is C19H17ClN2O7S. The van der Waals surface area contributed by atoms with Crippen LogP contribution >= 0.6 is 11.6 Å². The van der Waals surface area contributed by atoms with Crippen LogP contribution in [0.4, 0.5) is 0 Å². The minimum absolute atomic E-state index is 0.0176. The molecule has 0 atom stereocenters. The van der Waals surface area contributed by atoms with Crippen LogP contribution in [0.3, 0.4) is 0 Å². The number of esters is 1. The summed E-state index contributed by atoms with van der Waals surface area (Å²) in [5.41, 5.74) is 0.589. The number of aromatic nitrogens is 2. The van der Waals surface area contributed by atoms with Gasteiger partial charge in [0, 0.05) is 12.3 Å². The Morgan fingerprint density at radius 2 is 1.90 bits per heavy atom. The molecule has 0 aliphatic rings. The Balaban J connectivity index is 1.74. The number of hydrogen-bond acceptors (Lipinski definition) is 9. The number of benzene rings is 2. The van der Waals surface area contributed by atoms with Gasteiger partial charge in [-0.15, -0.1) is 0 Å². The fraction of sp³-hybridized carbons (Fsp3) is 0.211. The number of sulfone groups is 1. The third-order valence-electron chi connectivity index (χ3n) is 4.01. The van der Waals surface area contributed by atoms with Gasteiger partial charge in [0.15, 0.2) is 16.4 Å². The van der Waals surface area contributed by atoms with Gasteiger partial charge in [0.1, 0.15) is 11.5 Å². The van der Waals surface area contributed by atoms with Gasteiger partial charge in [-0.2, -0.15) is 4.98 Å². The second-order valence-corrected chi connectivity index (χ2v) is 8.46. The molecule has 9 nitrogen and oxygen atoms in total. The van der Waals surface area contributed by atoms with Crippen molar-refractivity contribution in [3.8, 4) is 22.9 Å². The molecule has 0 saturated heterocycles. The highest BCUT2D eigenvalue weighted by Gasteiger charge is 2.19. The second kappa shape index (κ2) is 8.72. The average molecular weight is 453 g/mol. The van der Waals surface area contributed by atoms with Gasteiger partial charge in [0.2, 0.25) is 5.82 Å².